The molecule has 0 unspecified atom stereocenters. The van der Waals surface area contributed by atoms with Crippen LogP contribution in [-0.4, -0.2) is 33.3 Å². The minimum absolute atomic E-state index is 0.0489. The van der Waals surface area contributed by atoms with Crippen molar-refractivity contribution in [2.45, 2.75) is 109 Å². The zero-order valence-corrected chi connectivity index (χ0v) is 21.1. The van der Waals surface area contributed by atoms with Gasteiger partial charge in [-0.2, -0.15) is 0 Å². The molecule has 1 aromatic rings. The first-order chi connectivity index (χ1) is 15.5. The summed E-state index contributed by atoms with van der Waals surface area (Å²) >= 11 is 0. The van der Waals surface area contributed by atoms with Crippen LogP contribution in [0.4, 0.5) is 0 Å². The number of benzene rings is 1. The lowest BCUT2D eigenvalue weighted by molar-refractivity contribution is -0.142. The molecule has 0 aliphatic heterocycles. The molecule has 0 aromatic heterocycles. The van der Waals surface area contributed by atoms with E-state index in [-0.39, 0.29) is 12.2 Å². The molecule has 1 aromatic carbocycles. The molecule has 0 amide bonds. The highest BCUT2D eigenvalue weighted by molar-refractivity contribution is 7.89. The van der Waals surface area contributed by atoms with Crippen LogP contribution < -0.4 is 4.72 Å². The first-order valence-corrected chi connectivity index (χ1v) is 14.3. The molecule has 0 saturated carbocycles. The van der Waals surface area contributed by atoms with Crippen molar-refractivity contribution in [2.24, 2.45) is 0 Å². The van der Waals surface area contributed by atoms with E-state index in [0.29, 0.717) is 6.42 Å². The second-order valence-electron chi connectivity index (χ2n) is 8.80. The summed E-state index contributed by atoms with van der Waals surface area (Å²) in [6.45, 7) is 2.25. The van der Waals surface area contributed by atoms with Gasteiger partial charge in [0.05, 0.1) is 12.9 Å². The average Bonchev–Trinajstić information content (AvgIpc) is 2.78. The van der Waals surface area contributed by atoms with Crippen LogP contribution in [0.2, 0.25) is 0 Å². The Morgan fingerprint density at radius 2 is 1.28 bits per heavy atom. The van der Waals surface area contributed by atoms with Crippen molar-refractivity contribution in [1.29, 1.82) is 0 Å². The van der Waals surface area contributed by atoms with E-state index in [2.05, 4.69) is 11.6 Å². The van der Waals surface area contributed by atoms with Crippen molar-refractivity contribution in [1.82, 2.24) is 4.72 Å². The number of methoxy groups -OCH3 is 1. The standard InChI is InChI=1S/C26H45NO4S/c1-3-4-5-6-7-8-9-10-11-12-13-14-15-19-22-32(29,30)27-25(26(28)31-2)23-24-20-17-16-18-21-24/h16-18,20-21,25,27H,3-15,19,22-23H2,1-2H3/t25-/m0/s1. The van der Waals surface area contributed by atoms with Gasteiger partial charge < -0.3 is 4.74 Å². The maximum Gasteiger partial charge on any atom is 0.324 e. The fourth-order valence-corrected chi connectivity index (χ4v) is 5.24. The highest BCUT2D eigenvalue weighted by atomic mass is 32.2. The molecule has 1 rings (SSSR count). The van der Waals surface area contributed by atoms with Crippen LogP contribution in [0.3, 0.4) is 0 Å². The predicted molar refractivity (Wildman–Crippen MR) is 133 cm³/mol. The van der Waals surface area contributed by atoms with E-state index in [9.17, 15) is 13.2 Å². The quantitative estimate of drug-likeness (QED) is 0.184. The molecule has 0 spiro atoms. The molecule has 0 saturated heterocycles. The van der Waals surface area contributed by atoms with E-state index in [1.54, 1.807) is 0 Å². The van der Waals surface area contributed by atoms with Gasteiger partial charge in [0, 0.05) is 0 Å². The second kappa shape index (κ2) is 18.1. The molecule has 0 aliphatic carbocycles. The van der Waals surface area contributed by atoms with Crippen LogP contribution >= 0.6 is 0 Å². The van der Waals surface area contributed by atoms with Gasteiger partial charge in [-0.25, -0.2) is 13.1 Å². The monoisotopic (exact) mass is 467 g/mol. The highest BCUT2D eigenvalue weighted by Crippen LogP contribution is 2.13. The van der Waals surface area contributed by atoms with E-state index in [0.717, 1.165) is 18.4 Å². The van der Waals surface area contributed by atoms with Crippen molar-refractivity contribution >= 4 is 16.0 Å². The lowest BCUT2D eigenvalue weighted by Gasteiger charge is -2.16. The van der Waals surface area contributed by atoms with Crippen molar-refractivity contribution in [3.63, 3.8) is 0 Å². The van der Waals surface area contributed by atoms with E-state index in [1.807, 2.05) is 30.3 Å². The number of unbranched alkanes of at least 4 members (excludes halogenated alkanes) is 13. The fraction of sp³-hybridized carbons (Fsp3) is 0.731. The number of hydrogen-bond acceptors (Lipinski definition) is 4. The van der Waals surface area contributed by atoms with Gasteiger partial charge in [-0.1, -0.05) is 121 Å². The van der Waals surface area contributed by atoms with E-state index in [1.165, 1.54) is 77.7 Å². The summed E-state index contributed by atoms with van der Waals surface area (Å²) in [4.78, 5) is 12.0. The first-order valence-electron chi connectivity index (χ1n) is 12.6. The second-order valence-corrected chi connectivity index (χ2v) is 10.7. The summed E-state index contributed by atoms with van der Waals surface area (Å²) in [5.41, 5.74) is 0.891. The molecule has 32 heavy (non-hydrogen) atoms. The Morgan fingerprint density at radius 3 is 1.75 bits per heavy atom. The third-order valence-corrected chi connectivity index (χ3v) is 7.33. The van der Waals surface area contributed by atoms with Gasteiger partial charge in [-0.15, -0.1) is 0 Å². The number of sulfonamides is 1. The number of hydrogen-bond donors (Lipinski definition) is 1. The average molecular weight is 468 g/mol. The van der Waals surface area contributed by atoms with Crippen LogP contribution in [0, 0.1) is 0 Å². The fourth-order valence-electron chi connectivity index (χ4n) is 3.93. The maximum atomic E-state index is 12.5. The van der Waals surface area contributed by atoms with Gasteiger partial charge in [0.15, 0.2) is 0 Å². The summed E-state index contributed by atoms with van der Waals surface area (Å²) in [7, 11) is -2.24. The third kappa shape index (κ3) is 14.6. The molecule has 0 fully saturated rings. The van der Waals surface area contributed by atoms with E-state index in [4.69, 9.17) is 4.74 Å². The Labute approximate surface area is 196 Å². The van der Waals surface area contributed by atoms with Crippen molar-refractivity contribution < 1.29 is 17.9 Å². The Morgan fingerprint density at radius 1 is 0.812 bits per heavy atom. The summed E-state index contributed by atoms with van der Waals surface area (Å²) in [5.74, 6) is -0.508. The number of esters is 1. The SMILES string of the molecule is CCCCCCCCCCCCCCCCS(=O)(=O)N[C@@H](Cc1ccccc1)C(=O)OC. The van der Waals surface area contributed by atoms with Gasteiger partial charge in [0.25, 0.3) is 0 Å². The molecule has 5 nitrogen and oxygen atoms in total. The number of carbonyl (C=O) groups is 1. The predicted octanol–water partition coefficient (Wildman–Crippen LogP) is 6.17. The Kier molecular flexibility index (Phi) is 16.2. The number of carbonyl (C=O) groups excluding carboxylic acids is 1. The molecule has 184 valence electrons. The smallest absolute Gasteiger partial charge is 0.324 e. The lowest BCUT2D eigenvalue weighted by Crippen LogP contribution is -2.43. The van der Waals surface area contributed by atoms with E-state index >= 15 is 0 Å². The van der Waals surface area contributed by atoms with Crippen LogP contribution in [0.15, 0.2) is 30.3 Å². The molecule has 0 bridgehead atoms. The largest absolute Gasteiger partial charge is 0.468 e. The number of ether oxygens (including phenoxy) is 1. The highest BCUT2D eigenvalue weighted by Gasteiger charge is 2.25. The normalized spacial score (nSPS) is 12.6. The van der Waals surface area contributed by atoms with Crippen LogP contribution in [0.25, 0.3) is 0 Å². The first kappa shape index (κ1) is 28.6. The van der Waals surface area contributed by atoms with Gasteiger partial charge in [-0.3, -0.25) is 4.79 Å². The Hall–Kier alpha value is -1.40. The van der Waals surface area contributed by atoms with Crippen molar-refractivity contribution in [3.8, 4) is 0 Å². The Bertz CT molecular complexity index is 691. The molecule has 6 heteroatoms. The molecule has 0 heterocycles. The summed E-state index contributed by atoms with van der Waals surface area (Å²) < 4.78 is 32.2. The molecule has 0 aliphatic rings. The lowest BCUT2D eigenvalue weighted by atomic mass is 10.0. The van der Waals surface area contributed by atoms with Crippen LogP contribution in [-0.2, 0) is 26.0 Å². The van der Waals surface area contributed by atoms with Gasteiger partial charge in [0.1, 0.15) is 6.04 Å². The molecule has 1 atom stereocenters. The van der Waals surface area contributed by atoms with E-state index < -0.39 is 22.0 Å². The van der Waals surface area contributed by atoms with Crippen LogP contribution in [0.5, 0.6) is 0 Å². The summed E-state index contributed by atoms with van der Waals surface area (Å²) in [5, 5.41) is 0. The van der Waals surface area contributed by atoms with Gasteiger partial charge in [0.2, 0.25) is 10.0 Å². The molecular formula is C26H45NO4S. The number of nitrogens with one attached hydrogen (secondary N) is 1. The zero-order valence-electron chi connectivity index (χ0n) is 20.3. The third-order valence-electron chi connectivity index (χ3n) is 5.86. The Balaban J connectivity index is 2.13. The minimum Gasteiger partial charge on any atom is -0.468 e. The zero-order chi connectivity index (χ0) is 23.5. The van der Waals surface area contributed by atoms with Crippen molar-refractivity contribution in [2.75, 3.05) is 12.9 Å². The summed E-state index contributed by atoms with van der Waals surface area (Å²) in [6, 6.07) is 8.48. The topological polar surface area (TPSA) is 72.5 Å². The van der Waals surface area contributed by atoms with Crippen molar-refractivity contribution in [3.05, 3.63) is 35.9 Å². The molecular weight excluding hydrogens is 422 g/mol. The van der Waals surface area contributed by atoms with Crippen LogP contribution in [0.1, 0.15) is 102 Å². The molecule has 0 radical (unpaired) electrons. The minimum atomic E-state index is -3.52. The maximum absolute atomic E-state index is 12.5. The summed E-state index contributed by atoms with van der Waals surface area (Å²) in [6.07, 6.45) is 17.4. The number of rotatable bonds is 20. The van der Waals surface area contributed by atoms with Gasteiger partial charge >= 0.3 is 5.97 Å². The van der Waals surface area contributed by atoms with Gasteiger partial charge in [-0.05, 0) is 18.4 Å². The molecule has 1 N–H and O–H groups in total.